The van der Waals surface area contributed by atoms with Gasteiger partial charge in [-0.25, -0.2) is 4.98 Å². The summed E-state index contributed by atoms with van der Waals surface area (Å²) in [4.78, 5) is 30.4. The van der Waals surface area contributed by atoms with Crippen LogP contribution < -0.4 is 15.6 Å². The number of thioether (sulfide) groups is 1. The standard InChI is InChI=1S/C23H20ClN3O3S2/c1-14-17(24)7-4-8-18(14)25-20(28)13-32-23-26-19-9-10-31-21(19)22(29)27(23)12-15-5-3-6-16(11-15)30-2/h3-11H,12-13H2,1-2H3,(H,25,28). The third-order valence-electron chi connectivity index (χ3n) is 4.88. The molecule has 164 valence electrons. The maximum Gasteiger partial charge on any atom is 0.272 e. The number of methoxy groups -OCH3 is 1. The normalized spacial score (nSPS) is 11.0. The van der Waals surface area contributed by atoms with E-state index in [0.717, 1.165) is 11.1 Å². The Balaban J connectivity index is 1.59. The Morgan fingerprint density at radius 3 is 2.88 bits per heavy atom. The van der Waals surface area contributed by atoms with Crippen LogP contribution in [0.25, 0.3) is 10.2 Å². The fourth-order valence-corrected chi connectivity index (χ4v) is 4.94. The highest BCUT2D eigenvalue weighted by molar-refractivity contribution is 7.99. The fraction of sp³-hybridized carbons (Fsp3) is 0.174. The van der Waals surface area contributed by atoms with Crippen LogP contribution in [0.15, 0.2) is 63.9 Å². The molecule has 9 heteroatoms. The van der Waals surface area contributed by atoms with E-state index in [-0.39, 0.29) is 17.2 Å². The fourth-order valence-electron chi connectivity index (χ4n) is 3.19. The van der Waals surface area contributed by atoms with Gasteiger partial charge >= 0.3 is 0 Å². The lowest BCUT2D eigenvalue weighted by molar-refractivity contribution is -0.113. The van der Waals surface area contributed by atoms with Crippen molar-refractivity contribution in [3.8, 4) is 5.75 Å². The third kappa shape index (κ3) is 4.82. The smallest absolute Gasteiger partial charge is 0.272 e. The number of rotatable bonds is 7. The lowest BCUT2D eigenvalue weighted by Gasteiger charge is -2.13. The zero-order valence-electron chi connectivity index (χ0n) is 17.4. The van der Waals surface area contributed by atoms with Crippen LogP contribution in [0.3, 0.4) is 0 Å². The number of amides is 1. The van der Waals surface area contributed by atoms with Crippen molar-refractivity contribution in [1.29, 1.82) is 0 Å². The van der Waals surface area contributed by atoms with Crippen molar-refractivity contribution in [2.45, 2.75) is 18.6 Å². The predicted molar refractivity (Wildman–Crippen MR) is 132 cm³/mol. The number of nitrogens with zero attached hydrogens (tertiary/aromatic N) is 2. The Morgan fingerprint density at radius 2 is 2.06 bits per heavy atom. The summed E-state index contributed by atoms with van der Waals surface area (Å²) in [5.41, 5.74) is 2.89. The van der Waals surface area contributed by atoms with Crippen molar-refractivity contribution in [1.82, 2.24) is 9.55 Å². The van der Waals surface area contributed by atoms with E-state index in [1.807, 2.05) is 42.6 Å². The Kier molecular flexibility index (Phi) is 6.83. The average Bonchev–Trinajstić information content (AvgIpc) is 3.27. The summed E-state index contributed by atoms with van der Waals surface area (Å²) in [5, 5.41) is 5.80. The molecule has 0 aliphatic carbocycles. The molecule has 32 heavy (non-hydrogen) atoms. The molecule has 0 aliphatic heterocycles. The van der Waals surface area contributed by atoms with E-state index in [0.29, 0.717) is 38.4 Å². The molecule has 0 spiro atoms. The summed E-state index contributed by atoms with van der Waals surface area (Å²) in [6, 6.07) is 14.7. The van der Waals surface area contributed by atoms with E-state index in [1.54, 1.807) is 29.9 Å². The van der Waals surface area contributed by atoms with Gasteiger partial charge in [0.25, 0.3) is 5.56 Å². The van der Waals surface area contributed by atoms with Crippen molar-refractivity contribution < 1.29 is 9.53 Å². The van der Waals surface area contributed by atoms with Crippen LogP contribution in [0.2, 0.25) is 5.02 Å². The number of benzene rings is 2. The van der Waals surface area contributed by atoms with Gasteiger partial charge in [0.05, 0.1) is 24.9 Å². The van der Waals surface area contributed by atoms with Crippen LogP contribution in [0.1, 0.15) is 11.1 Å². The average molecular weight is 486 g/mol. The van der Waals surface area contributed by atoms with Crippen molar-refractivity contribution in [3.63, 3.8) is 0 Å². The van der Waals surface area contributed by atoms with E-state index in [1.165, 1.54) is 23.1 Å². The van der Waals surface area contributed by atoms with Crippen molar-refractivity contribution in [2.75, 3.05) is 18.2 Å². The van der Waals surface area contributed by atoms with E-state index >= 15 is 0 Å². The maximum absolute atomic E-state index is 13.2. The van der Waals surface area contributed by atoms with Gasteiger partial charge in [0.2, 0.25) is 5.91 Å². The summed E-state index contributed by atoms with van der Waals surface area (Å²) in [6.07, 6.45) is 0. The second-order valence-electron chi connectivity index (χ2n) is 7.02. The first-order valence-electron chi connectivity index (χ1n) is 9.75. The van der Waals surface area contributed by atoms with Crippen molar-refractivity contribution >= 4 is 56.5 Å². The van der Waals surface area contributed by atoms with Gasteiger partial charge in [0, 0.05) is 10.7 Å². The van der Waals surface area contributed by atoms with Crippen LogP contribution in [0.5, 0.6) is 5.75 Å². The number of hydrogen-bond acceptors (Lipinski definition) is 6. The van der Waals surface area contributed by atoms with Crippen molar-refractivity contribution in [3.05, 3.63) is 80.4 Å². The van der Waals surface area contributed by atoms with Crippen LogP contribution >= 0.6 is 34.7 Å². The Morgan fingerprint density at radius 1 is 1.25 bits per heavy atom. The summed E-state index contributed by atoms with van der Waals surface area (Å²) in [7, 11) is 1.60. The molecule has 1 N–H and O–H groups in total. The zero-order chi connectivity index (χ0) is 22.7. The zero-order valence-corrected chi connectivity index (χ0v) is 19.8. The monoisotopic (exact) mass is 485 g/mol. The summed E-state index contributed by atoms with van der Waals surface area (Å²) in [5.74, 6) is 0.616. The number of thiophene rings is 1. The Hall–Kier alpha value is -2.81. The summed E-state index contributed by atoms with van der Waals surface area (Å²) in [6.45, 7) is 2.18. The molecule has 1 amide bonds. The number of halogens is 1. The molecule has 2 aromatic carbocycles. The molecule has 6 nitrogen and oxygen atoms in total. The van der Waals surface area contributed by atoms with E-state index in [4.69, 9.17) is 16.3 Å². The van der Waals surface area contributed by atoms with Crippen LogP contribution in [-0.2, 0) is 11.3 Å². The number of hydrogen-bond donors (Lipinski definition) is 1. The number of nitrogens with one attached hydrogen (secondary N) is 1. The van der Waals surface area contributed by atoms with Crippen LogP contribution in [0.4, 0.5) is 5.69 Å². The topological polar surface area (TPSA) is 73.2 Å². The highest BCUT2D eigenvalue weighted by Gasteiger charge is 2.15. The van der Waals surface area contributed by atoms with Gasteiger partial charge in [0.1, 0.15) is 10.4 Å². The van der Waals surface area contributed by atoms with Crippen LogP contribution in [-0.4, -0.2) is 28.3 Å². The van der Waals surface area contributed by atoms with E-state index in [2.05, 4.69) is 10.3 Å². The molecule has 4 rings (SSSR count). The van der Waals surface area contributed by atoms with Crippen molar-refractivity contribution in [2.24, 2.45) is 0 Å². The first-order valence-corrected chi connectivity index (χ1v) is 12.0. The van der Waals surface area contributed by atoms with E-state index < -0.39 is 0 Å². The second-order valence-corrected chi connectivity index (χ2v) is 9.29. The summed E-state index contributed by atoms with van der Waals surface area (Å²) >= 11 is 8.73. The van der Waals surface area contributed by atoms with Gasteiger partial charge in [-0.15, -0.1) is 11.3 Å². The molecule has 0 aliphatic rings. The predicted octanol–water partition coefficient (Wildman–Crippen LogP) is 5.21. The molecule has 0 radical (unpaired) electrons. The third-order valence-corrected chi connectivity index (χ3v) is 7.16. The molecular weight excluding hydrogens is 466 g/mol. The number of carbonyl (C=O) groups excluding carboxylic acids is 1. The highest BCUT2D eigenvalue weighted by atomic mass is 35.5. The minimum absolute atomic E-state index is 0.103. The van der Waals surface area contributed by atoms with Gasteiger partial charge in [-0.3, -0.25) is 14.2 Å². The maximum atomic E-state index is 13.2. The first-order chi connectivity index (χ1) is 15.5. The van der Waals surface area contributed by atoms with Gasteiger partial charge < -0.3 is 10.1 Å². The lowest BCUT2D eigenvalue weighted by Crippen LogP contribution is -2.24. The number of aromatic nitrogens is 2. The number of fused-ring (bicyclic) bond motifs is 1. The lowest BCUT2D eigenvalue weighted by atomic mass is 10.2. The minimum atomic E-state index is -0.201. The molecule has 0 saturated heterocycles. The quantitative estimate of drug-likeness (QED) is 0.287. The second kappa shape index (κ2) is 9.77. The number of anilines is 1. The molecule has 0 bridgehead atoms. The first kappa shape index (κ1) is 22.4. The molecule has 2 heterocycles. The highest BCUT2D eigenvalue weighted by Crippen LogP contribution is 2.25. The molecule has 0 fully saturated rings. The molecule has 2 aromatic heterocycles. The molecule has 0 atom stereocenters. The van der Waals surface area contributed by atoms with Gasteiger partial charge in [-0.1, -0.05) is 41.6 Å². The molecule has 0 unspecified atom stereocenters. The molecular formula is C23H20ClN3O3S2. The van der Waals surface area contributed by atoms with E-state index in [9.17, 15) is 9.59 Å². The number of carbonyl (C=O) groups is 1. The number of ether oxygens (including phenoxy) is 1. The van der Waals surface area contributed by atoms with Crippen LogP contribution in [0, 0.1) is 6.92 Å². The van der Waals surface area contributed by atoms with Gasteiger partial charge in [-0.05, 0) is 53.8 Å². The largest absolute Gasteiger partial charge is 0.497 e. The SMILES string of the molecule is COc1cccc(Cn2c(SCC(=O)Nc3cccc(Cl)c3C)nc3ccsc3c2=O)c1. The molecule has 0 saturated carbocycles. The molecule has 4 aromatic rings. The Labute approximate surface area is 198 Å². The minimum Gasteiger partial charge on any atom is -0.497 e. The van der Waals surface area contributed by atoms with Gasteiger partial charge in [0.15, 0.2) is 5.16 Å². The summed E-state index contributed by atoms with van der Waals surface area (Å²) < 4.78 is 7.50. The Bertz CT molecular complexity index is 1350. The van der Waals surface area contributed by atoms with Gasteiger partial charge in [-0.2, -0.15) is 0 Å².